The third-order valence-electron chi connectivity index (χ3n) is 2.73. The largest absolute Gasteiger partial charge is 0.399 e. The number of rotatable bonds is 3. The summed E-state index contributed by atoms with van der Waals surface area (Å²) >= 11 is 0. The van der Waals surface area contributed by atoms with Crippen LogP contribution in [0.3, 0.4) is 0 Å². The molecule has 0 bridgehead atoms. The lowest BCUT2D eigenvalue weighted by Crippen LogP contribution is -1.99. The van der Waals surface area contributed by atoms with Crippen LogP contribution in [0.1, 0.15) is 16.7 Å². The van der Waals surface area contributed by atoms with Gasteiger partial charge in [0.15, 0.2) is 0 Å². The molecule has 0 radical (unpaired) electrons. The van der Waals surface area contributed by atoms with Crippen LogP contribution in [0, 0.1) is 13.8 Å². The van der Waals surface area contributed by atoms with Gasteiger partial charge in [0, 0.05) is 23.0 Å². The quantitative estimate of drug-likeness (QED) is 0.863. The Morgan fingerprint density at radius 1 is 1.22 bits per heavy atom. The van der Waals surface area contributed by atoms with E-state index in [0.29, 0.717) is 5.75 Å². The van der Waals surface area contributed by atoms with E-state index in [-0.39, 0.29) is 0 Å². The van der Waals surface area contributed by atoms with Crippen LogP contribution < -0.4 is 5.73 Å². The second-order valence-electron chi connectivity index (χ2n) is 4.38. The summed E-state index contributed by atoms with van der Waals surface area (Å²) in [5.74, 6) is 0.484. The van der Waals surface area contributed by atoms with Gasteiger partial charge in [-0.2, -0.15) is 0 Å². The summed E-state index contributed by atoms with van der Waals surface area (Å²) in [4.78, 5) is 4.92. The number of pyridine rings is 1. The summed E-state index contributed by atoms with van der Waals surface area (Å²) in [6.45, 7) is 3.90. The monoisotopic (exact) mass is 260 g/mol. The number of hydrogen-bond donors (Lipinski definition) is 1. The molecule has 1 aromatic carbocycles. The number of hydrogen-bond acceptors (Lipinski definition) is 3. The zero-order valence-electron chi connectivity index (χ0n) is 10.5. The minimum atomic E-state index is -1.06. The van der Waals surface area contributed by atoms with Gasteiger partial charge in [0.25, 0.3) is 0 Å². The van der Waals surface area contributed by atoms with Crippen molar-refractivity contribution in [2.45, 2.75) is 24.5 Å². The fourth-order valence-electron chi connectivity index (χ4n) is 1.72. The molecule has 0 aliphatic carbocycles. The molecule has 2 aromatic rings. The first-order chi connectivity index (χ1) is 8.56. The topological polar surface area (TPSA) is 56.0 Å². The third kappa shape index (κ3) is 2.96. The molecule has 3 nitrogen and oxygen atoms in total. The van der Waals surface area contributed by atoms with E-state index in [1.165, 1.54) is 0 Å². The zero-order chi connectivity index (χ0) is 13.1. The lowest BCUT2D eigenvalue weighted by Gasteiger charge is -2.06. The summed E-state index contributed by atoms with van der Waals surface area (Å²) in [5.41, 5.74) is 9.51. The maximum atomic E-state index is 12.2. The van der Waals surface area contributed by atoms with Crippen molar-refractivity contribution in [3.8, 4) is 0 Å². The fourth-order valence-corrected chi connectivity index (χ4v) is 2.88. The molecule has 0 aliphatic rings. The smallest absolute Gasteiger partial charge is 0.0574 e. The SMILES string of the molecule is Cc1cncc(CS(=O)c2ccc(N)c(C)c2)c1. The molecule has 2 rings (SSSR count). The summed E-state index contributed by atoms with van der Waals surface area (Å²) in [5, 5.41) is 0. The Morgan fingerprint density at radius 2 is 2.00 bits per heavy atom. The van der Waals surface area contributed by atoms with Crippen molar-refractivity contribution in [1.82, 2.24) is 4.98 Å². The van der Waals surface area contributed by atoms with Crippen molar-refractivity contribution in [2.75, 3.05) is 5.73 Å². The van der Waals surface area contributed by atoms with Gasteiger partial charge in [0.2, 0.25) is 0 Å². The van der Waals surface area contributed by atoms with Crippen molar-refractivity contribution >= 4 is 16.5 Å². The Kier molecular flexibility index (Phi) is 3.77. The molecule has 1 heterocycles. The van der Waals surface area contributed by atoms with E-state index in [1.54, 1.807) is 18.5 Å². The van der Waals surface area contributed by atoms with Crippen LogP contribution in [-0.2, 0) is 16.6 Å². The van der Waals surface area contributed by atoms with Crippen molar-refractivity contribution in [3.63, 3.8) is 0 Å². The van der Waals surface area contributed by atoms with Crippen LogP contribution in [0.4, 0.5) is 5.69 Å². The van der Waals surface area contributed by atoms with Crippen molar-refractivity contribution in [2.24, 2.45) is 0 Å². The van der Waals surface area contributed by atoms with E-state index in [0.717, 1.165) is 27.3 Å². The number of anilines is 1. The van der Waals surface area contributed by atoms with Crippen LogP contribution in [0.25, 0.3) is 0 Å². The first-order valence-corrected chi connectivity index (χ1v) is 7.03. The molecule has 1 unspecified atom stereocenters. The first-order valence-electron chi connectivity index (χ1n) is 5.71. The summed E-state index contributed by atoms with van der Waals surface area (Å²) in [6.07, 6.45) is 3.55. The van der Waals surface area contributed by atoms with Gasteiger partial charge in [-0.05, 0) is 48.7 Å². The number of nitrogens with two attached hydrogens (primary N) is 1. The number of aromatic nitrogens is 1. The predicted octanol–water partition coefficient (Wildman–Crippen LogP) is 2.59. The summed E-state index contributed by atoms with van der Waals surface area (Å²) < 4.78 is 12.2. The molecule has 1 atom stereocenters. The van der Waals surface area contributed by atoms with E-state index < -0.39 is 10.8 Å². The van der Waals surface area contributed by atoms with Crippen LogP contribution >= 0.6 is 0 Å². The molecule has 0 amide bonds. The Hall–Kier alpha value is -1.68. The lowest BCUT2D eigenvalue weighted by atomic mass is 10.2. The predicted molar refractivity (Wildman–Crippen MR) is 74.7 cm³/mol. The average Bonchev–Trinajstić information content (AvgIpc) is 2.32. The van der Waals surface area contributed by atoms with E-state index >= 15 is 0 Å². The average molecular weight is 260 g/mol. The normalized spacial score (nSPS) is 12.3. The van der Waals surface area contributed by atoms with E-state index in [2.05, 4.69) is 4.98 Å². The van der Waals surface area contributed by atoms with Gasteiger partial charge < -0.3 is 5.73 Å². The van der Waals surface area contributed by atoms with Crippen molar-refractivity contribution in [3.05, 3.63) is 53.3 Å². The van der Waals surface area contributed by atoms with E-state index in [4.69, 9.17) is 5.73 Å². The van der Waals surface area contributed by atoms with Crippen LogP contribution in [0.5, 0.6) is 0 Å². The van der Waals surface area contributed by atoms with E-state index in [1.807, 2.05) is 32.0 Å². The highest BCUT2D eigenvalue weighted by atomic mass is 32.2. The van der Waals surface area contributed by atoms with Crippen LogP contribution in [-0.4, -0.2) is 9.19 Å². The van der Waals surface area contributed by atoms with Gasteiger partial charge in [-0.3, -0.25) is 9.19 Å². The van der Waals surface area contributed by atoms with Gasteiger partial charge in [-0.1, -0.05) is 6.07 Å². The molecular formula is C14H16N2OS. The summed E-state index contributed by atoms with van der Waals surface area (Å²) in [6, 6.07) is 7.52. The molecule has 0 saturated heterocycles. The highest BCUT2D eigenvalue weighted by molar-refractivity contribution is 7.84. The fraction of sp³-hybridized carbons (Fsp3) is 0.214. The lowest BCUT2D eigenvalue weighted by molar-refractivity contribution is 0.682. The van der Waals surface area contributed by atoms with Gasteiger partial charge in [0.05, 0.1) is 16.6 Å². The second kappa shape index (κ2) is 5.31. The molecular weight excluding hydrogens is 244 g/mol. The first kappa shape index (κ1) is 12.8. The Balaban J connectivity index is 2.19. The minimum Gasteiger partial charge on any atom is -0.399 e. The van der Waals surface area contributed by atoms with Crippen molar-refractivity contribution in [1.29, 1.82) is 0 Å². The highest BCUT2D eigenvalue weighted by Crippen LogP contribution is 2.18. The highest BCUT2D eigenvalue weighted by Gasteiger charge is 2.07. The molecule has 0 spiro atoms. The molecule has 18 heavy (non-hydrogen) atoms. The Labute approximate surface area is 110 Å². The van der Waals surface area contributed by atoms with Crippen LogP contribution in [0.2, 0.25) is 0 Å². The van der Waals surface area contributed by atoms with Gasteiger partial charge in [0.1, 0.15) is 0 Å². The van der Waals surface area contributed by atoms with E-state index in [9.17, 15) is 4.21 Å². The molecule has 4 heteroatoms. The van der Waals surface area contributed by atoms with Crippen molar-refractivity contribution < 1.29 is 4.21 Å². The Morgan fingerprint density at radius 3 is 2.67 bits per heavy atom. The number of aryl methyl sites for hydroxylation is 2. The number of nitrogen functional groups attached to an aromatic ring is 1. The van der Waals surface area contributed by atoms with Gasteiger partial charge in [-0.15, -0.1) is 0 Å². The second-order valence-corrected chi connectivity index (χ2v) is 5.83. The third-order valence-corrected chi connectivity index (χ3v) is 4.11. The molecule has 2 N–H and O–H groups in total. The van der Waals surface area contributed by atoms with Gasteiger partial charge >= 0.3 is 0 Å². The maximum Gasteiger partial charge on any atom is 0.0574 e. The maximum absolute atomic E-state index is 12.2. The summed E-state index contributed by atoms with van der Waals surface area (Å²) in [7, 11) is -1.06. The number of benzene rings is 1. The molecule has 1 aromatic heterocycles. The van der Waals surface area contributed by atoms with Crippen LogP contribution in [0.15, 0.2) is 41.6 Å². The molecule has 94 valence electrons. The minimum absolute atomic E-state index is 0.484. The zero-order valence-corrected chi connectivity index (χ0v) is 11.3. The molecule has 0 fully saturated rings. The molecule has 0 aliphatic heterocycles. The Bertz CT molecular complexity index is 596. The molecule has 0 saturated carbocycles. The van der Waals surface area contributed by atoms with Gasteiger partial charge in [-0.25, -0.2) is 0 Å². The number of nitrogens with zero attached hydrogens (tertiary/aromatic N) is 1. The standard InChI is InChI=1S/C14H16N2OS/c1-10-5-12(8-16-7-10)9-18(17)13-3-4-14(15)11(2)6-13/h3-8H,9,15H2,1-2H3.